The van der Waals surface area contributed by atoms with Crippen LogP contribution in [0.2, 0.25) is 0 Å². The van der Waals surface area contributed by atoms with E-state index in [1.807, 2.05) is 9.30 Å². The van der Waals surface area contributed by atoms with E-state index >= 15 is 0 Å². The van der Waals surface area contributed by atoms with Crippen LogP contribution in [0.15, 0.2) is 55.0 Å². The number of hydrogen-bond donors (Lipinski definition) is 2. The highest BCUT2D eigenvalue weighted by Crippen LogP contribution is 2.36. The molecular formula is C28H26F3N7O3. The molecule has 3 unspecified atom stereocenters. The molecule has 41 heavy (non-hydrogen) atoms. The summed E-state index contributed by atoms with van der Waals surface area (Å²) in [5, 5.41) is 2.40. The zero-order chi connectivity index (χ0) is 28.9. The number of nitrogens with two attached hydrogens (primary N) is 1. The molecule has 13 heteroatoms. The number of rotatable bonds is 4. The van der Waals surface area contributed by atoms with Crippen LogP contribution in [0.1, 0.15) is 47.4 Å². The predicted octanol–water partition coefficient (Wildman–Crippen LogP) is 4.14. The number of benzene rings is 1. The van der Waals surface area contributed by atoms with E-state index in [1.54, 1.807) is 43.6 Å². The number of piperidine rings is 1. The zero-order valence-electron chi connectivity index (χ0n) is 21.9. The van der Waals surface area contributed by atoms with Crippen LogP contribution in [-0.4, -0.2) is 61.4 Å². The van der Waals surface area contributed by atoms with Gasteiger partial charge in [0.2, 0.25) is 0 Å². The molecule has 212 valence electrons. The van der Waals surface area contributed by atoms with Crippen LogP contribution >= 0.6 is 0 Å². The lowest BCUT2D eigenvalue weighted by Gasteiger charge is -2.43. The van der Waals surface area contributed by atoms with Crippen LogP contribution in [0.3, 0.4) is 0 Å². The highest BCUT2D eigenvalue weighted by Gasteiger charge is 2.40. The number of nitrogens with one attached hydrogen (secondary N) is 1. The average molecular weight is 566 g/mol. The number of morpholine rings is 1. The first kappa shape index (κ1) is 26.7. The number of nitrogens with zero attached hydrogens (tertiary/aromatic N) is 5. The van der Waals surface area contributed by atoms with E-state index in [1.165, 1.54) is 0 Å². The van der Waals surface area contributed by atoms with Gasteiger partial charge in [-0.3, -0.25) is 14.0 Å². The lowest BCUT2D eigenvalue weighted by molar-refractivity contribution is -0.160. The molecule has 2 amide bonds. The number of hydrogen-bond acceptors (Lipinski definition) is 7. The first-order chi connectivity index (χ1) is 19.6. The Morgan fingerprint density at radius 3 is 2.66 bits per heavy atom. The Bertz CT molecular complexity index is 1640. The van der Waals surface area contributed by atoms with Crippen molar-refractivity contribution in [3.05, 3.63) is 71.9 Å². The van der Waals surface area contributed by atoms with Gasteiger partial charge in [-0.05, 0) is 44.0 Å². The van der Waals surface area contributed by atoms with E-state index < -0.39 is 23.8 Å². The maximum Gasteiger partial charge on any atom is 0.416 e. The van der Waals surface area contributed by atoms with Crippen molar-refractivity contribution < 1.29 is 27.5 Å². The molecule has 2 aliphatic rings. The Morgan fingerprint density at radius 1 is 1.12 bits per heavy atom. The molecular weight excluding hydrogens is 539 g/mol. The van der Waals surface area contributed by atoms with Gasteiger partial charge >= 0.3 is 6.18 Å². The van der Waals surface area contributed by atoms with E-state index in [4.69, 9.17) is 15.5 Å². The van der Waals surface area contributed by atoms with Gasteiger partial charge in [0.15, 0.2) is 0 Å². The molecule has 2 fully saturated rings. The molecule has 5 heterocycles. The van der Waals surface area contributed by atoms with Crippen molar-refractivity contribution in [3.8, 4) is 11.3 Å². The van der Waals surface area contributed by atoms with Crippen LogP contribution in [0.4, 0.5) is 24.8 Å². The standard InChI is InChI=1S/C28H26F3N7O3/c1-15-27(40)38-13-18(6-7-20(38)14-41-15)25-36-22(23-24(32)34-10-11-37(23)25)16-2-4-17(5-3-16)26(39)35-21-12-19(8-9-33-21)28(29,30)31/h2-5,8-12,15,18,20H,6-7,13-14H2,1H3,(H2,32,34)(H,33,35,39). The van der Waals surface area contributed by atoms with Gasteiger partial charge in [0, 0.05) is 42.2 Å². The molecule has 1 aromatic carbocycles. The fourth-order valence-corrected chi connectivity index (χ4v) is 5.46. The fraction of sp³-hybridized carbons (Fsp3) is 0.321. The number of amides is 2. The minimum Gasteiger partial charge on any atom is -0.382 e. The van der Waals surface area contributed by atoms with Crippen molar-refractivity contribution in [2.24, 2.45) is 0 Å². The maximum atomic E-state index is 13.0. The molecule has 0 spiro atoms. The number of carbonyl (C=O) groups is 2. The lowest BCUT2D eigenvalue weighted by Crippen LogP contribution is -2.56. The second kappa shape index (κ2) is 10.1. The second-order valence-electron chi connectivity index (χ2n) is 10.2. The van der Waals surface area contributed by atoms with Crippen LogP contribution in [0, 0.1) is 0 Å². The quantitative estimate of drug-likeness (QED) is 0.381. The maximum absolute atomic E-state index is 13.0. The third-order valence-electron chi connectivity index (χ3n) is 7.60. The molecule has 3 aromatic heterocycles. The third kappa shape index (κ3) is 4.97. The molecule has 2 aliphatic heterocycles. The number of ether oxygens (including phenoxy) is 1. The Kier molecular flexibility index (Phi) is 6.60. The Labute approximate surface area is 232 Å². The van der Waals surface area contributed by atoms with Gasteiger partial charge < -0.3 is 20.7 Å². The van der Waals surface area contributed by atoms with E-state index in [2.05, 4.69) is 15.3 Å². The van der Waals surface area contributed by atoms with Crippen molar-refractivity contribution in [2.75, 3.05) is 24.2 Å². The minimum absolute atomic E-state index is 0.0255. The Hall–Kier alpha value is -4.52. The largest absolute Gasteiger partial charge is 0.416 e. The highest BCUT2D eigenvalue weighted by atomic mass is 19.4. The zero-order valence-corrected chi connectivity index (χ0v) is 21.9. The summed E-state index contributed by atoms with van der Waals surface area (Å²) in [6.07, 6.45) is 0.953. The minimum atomic E-state index is -4.55. The van der Waals surface area contributed by atoms with Crippen molar-refractivity contribution in [1.29, 1.82) is 0 Å². The summed E-state index contributed by atoms with van der Waals surface area (Å²) in [6.45, 7) is 2.80. The monoisotopic (exact) mass is 565 g/mol. The highest BCUT2D eigenvalue weighted by molar-refractivity contribution is 6.04. The summed E-state index contributed by atoms with van der Waals surface area (Å²) in [7, 11) is 0. The first-order valence-corrected chi connectivity index (χ1v) is 13.1. The van der Waals surface area contributed by atoms with Crippen molar-refractivity contribution in [3.63, 3.8) is 0 Å². The van der Waals surface area contributed by atoms with Crippen molar-refractivity contribution >= 4 is 29.0 Å². The van der Waals surface area contributed by atoms with Gasteiger partial charge in [-0.2, -0.15) is 13.2 Å². The molecule has 3 atom stereocenters. The Morgan fingerprint density at radius 2 is 1.90 bits per heavy atom. The van der Waals surface area contributed by atoms with Crippen molar-refractivity contribution in [1.82, 2.24) is 24.3 Å². The number of alkyl halides is 3. The van der Waals surface area contributed by atoms with Crippen LogP contribution < -0.4 is 11.1 Å². The first-order valence-electron chi connectivity index (χ1n) is 13.1. The molecule has 0 saturated carbocycles. The summed E-state index contributed by atoms with van der Waals surface area (Å²) < 4.78 is 46.6. The molecule has 4 aromatic rings. The fourth-order valence-electron chi connectivity index (χ4n) is 5.46. The number of nitrogen functional groups attached to an aromatic ring is 1. The summed E-state index contributed by atoms with van der Waals surface area (Å²) >= 11 is 0. The number of anilines is 2. The van der Waals surface area contributed by atoms with Gasteiger partial charge in [0.05, 0.1) is 18.2 Å². The lowest BCUT2D eigenvalue weighted by atomic mass is 9.91. The number of halogens is 3. The summed E-state index contributed by atoms with van der Waals surface area (Å²) in [4.78, 5) is 40.4. The van der Waals surface area contributed by atoms with Crippen molar-refractivity contribution in [2.45, 2.75) is 44.0 Å². The summed E-state index contributed by atoms with van der Waals surface area (Å²) in [6, 6.07) is 8.15. The average Bonchev–Trinajstić information content (AvgIpc) is 3.36. The second-order valence-corrected chi connectivity index (χ2v) is 10.2. The number of fused-ring (bicyclic) bond motifs is 2. The van der Waals surface area contributed by atoms with Gasteiger partial charge in [-0.15, -0.1) is 0 Å². The number of imidazole rings is 1. The molecule has 6 rings (SSSR count). The number of carbonyl (C=O) groups excluding carboxylic acids is 2. The summed E-state index contributed by atoms with van der Waals surface area (Å²) in [5.41, 5.74) is 7.45. The van der Waals surface area contributed by atoms with Gasteiger partial charge in [-0.25, -0.2) is 15.0 Å². The van der Waals surface area contributed by atoms with Gasteiger partial charge in [0.25, 0.3) is 11.8 Å². The number of pyridine rings is 1. The SMILES string of the molecule is CC1OCC2CCC(c3nc(-c4ccc(C(=O)Nc5cc(C(F)(F)F)ccn5)cc4)c4c(N)nccn34)CN2C1=O. The normalized spacial score (nSPS) is 21.1. The van der Waals surface area contributed by atoms with E-state index in [-0.39, 0.29) is 35.1 Å². The number of aromatic nitrogens is 4. The van der Waals surface area contributed by atoms with Gasteiger partial charge in [-0.1, -0.05) is 12.1 Å². The van der Waals surface area contributed by atoms with Crippen LogP contribution in [0.25, 0.3) is 16.8 Å². The van der Waals surface area contributed by atoms with E-state index in [9.17, 15) is 22.8 Å². The molecule has 0 bridgehead atoms. The molecule has 2 saturated heterocycles. The molecule has 10 nitrogen and oxygen atoms in total. The smallest absolute Gasteiger partial charge is 0.382 e. The van der Waals surface area contributed by atoms with E-state index in [0.717, 1.165) is 37.0 Å². The van der Waals surface area contributed by atoms with Crippen LogP contribution in [-0.2, 0) is 15.7 Å². The van der Waals surface area contributed by atoms with E-state index in [0.29, 0.717) is 29.9 Å². The topological polar surface area (TPSA) is 128 Å². The molecule has 3 N–H and O–H groups in total. The Balaban J connectivity index is 1.28. The van der Waals surface area contributed by atoms with Crippen LogP contribution in [0.5, 0.6) is 0 Å². The molecule has 0 radical (unpaired) electrons. The summed E-state index contributed by atoms with van der Waals surface area (Å²) in [5.74, 6) is 0.160. The van der Waals surface area contributed by atoms with Gasteiger partial charge in [0.1, 0.15) is 34.8 Å². The predicted molar refractivity (Wildman–Crippen MR) is 143 cm³/mol. The molecule has 0 aliphatic carbocycles. The third-order valence-corrected chi connectivity index (χ3v) is 7.60.